The fourth-order valence-electron chi connectivity index (χ4n) is 3.80. The first kappa shape index (κ1) is 26.5. The lowest BCUT2D eigenvalue weighted by Crippen LogP contribution is -2.56. The second-order valence-corrected chi connectivity index (χ2v) is 10.1. The Hall–Kier alpha value is -3.10. The molecule has 3 unspecified atom stereocenters. The maximum atomic E-state index is 12.8. The minimum Gasteiger partial charge on any atom is -0.390 e. The summed E-state index contributed by atoms with van der Waals surface area (Å²) in [6, 6.07) is 22.4. The van der Waals surface area contributed by atoms with Crippen LogP contribution in [0.1, 0.15) is 31.9 Å². The number of hydrazine groups is 1. The smallest absolute Gasteiger partial charge is 0.237 e. The molecule has 1 amide bonds. The van der Waals surface area contributed by atoms with Gasteiger partial charge in [-0.2, -0.15) is 0 Å². The van der Waals surface area contributed by atoms with Crippen LogP contribution in [0.15, 0.2) is 79.0 Å². The predicted molar refractivity (Wildman–Crippen MR) is 140 cm³/mol. The number of nitrogens with two attached hydrogens (primary N) is 2. The van der Waals surface area contributed by atoms with Crippen LogP contribution >= 0.6 is 0 Å². The van der Waals surface area contributed by atoms with Crippen LogP contribution in [0.4, 0.5) is 0 Å². The van der Waals surface area contributed by atoms with Crippen molar-refractivity contribution in [1.29, 1.82) is 0 Å². The van der Waals surface area contributed by atoms with Gasteiger partial charge in [-0.1, -0.05) is 81.4 Å². The Balaban J connectivity index is 1.65. The number of rotatable bonds is 10. The average Bonchev–Trinajstić information content (AvgIpc) is 2.84. The fourth-order valence-corrected chi connectivity index (χ4v) is 3.80. The number of carbonyl (C=O) groups is 1. The summed E-state index contributed by atoms with van der Waals surface area (Å²) in [7, 11) is 0. The first-order chi connectivity index (χ1) is 16.6. The molecule has 1 heterocycles. The number of hydrogen-bond donors (Lipinski definition) is 4. The van der Waals surface area contributed by atoms with Crippen molar-refractivity contribution in [1.82, 2.24) is 15.3 Å². The topological polar surface area (TPSA) is 118 Å². The van der Waals surface area contributed by atoms with Gasteiger partial charge in [0.2, 0.25) is 5.91 Å². The van der Waals surface area contributed by atoms with E-state index < -0.39 is 23.6 Å². The van der Waals surface area contributed by atoms with E-state index in [1.165, 1.54) is 0 Å². The minimum absolute atomic E-state index is 0.185. The van der Waals surface area contributed by atoms with Crippen LogP contribution in [0.2, 0.25) is 0 Å². The summed E-state index contributed by atoms with van der Waals surface area (Å²) in [6.45, 7) is 6.39. The molecule has 186 valence electrons. The third kappa shape index (κ3) is 7.97. The van der Waals surface area contributed by atoms with Crippen molar-refractivity contribution in [2.24, 2.45) is 17.0 Å². The Bertz CT molecular complexity index is 1050. The maximum absolute atomic E-state index is 12.8. The fraction of sp³-hybridized carbons (Fsp3) is 0.357. The van der Waals surface area contributed by atoms with Crippen molar-refractivity contribution in [3.05, 3.63) is 90.1 Å². The number of nitrogens with one attached hydrogen (secondary N) is 1. The zero-order valence-corrected chi connectivity index (χ0v) is 20.8. The van der Waals surface area contributed by atoms with E-state index in [0.717, 1.165) is 22.4 Å². The van der Waals surface area contributed by atoms with Crippen molar-refractivity contribution < 1.29 is 9.90 Å². The molecule has 0 saturated carbocycles. The van der Waals surface area contributed by atoms with E-state index in [9.17, 15) is 9.90 Å². The second-order valence-electron chi connectivity index (χ2n) is 10.1. The van der Waals surface area contributed by atoms with Crippen LogP contribution < -0.4 is 16.9 Å². The summed E-state index contributed by atoms with van der Waals surface area (Å²) in [5.74, 6) is 5.98. The number of aromatic nitrogens is 1. The lowest BCUT2D eigenvalue weighted by molar-refractivity contribution is -0.126. The monoisotopic (exact) mass is 475 g/mol. The molecule has 7 heteroatoms. The molecule has 0 aliphatic heterocycles. The minimum atomic E-state index is -0.885. The highest BCUT2D eigenvalue weighted by Crippen LogP contribution is 2.19. The Morgan fingerprint density at radius 1 is 1.00 bits per heavy atom. The molecule has 0 radical (unpaired) electrons. The summed E-state index contributed by atoms with van der Waals surface area (Å²) >= 11 is 0. The normalized spacial score (nSPS) is 14.4. The molecule has 3 atom stereocenters. The van der Waals surface area contributed by atoms with Crippen LogP contribution in [0.25, 0.3) is 11.3 Å². The highest BCUT2D eigenvalue weighted by Gasteiger charge is 2.31. The lowest BCUT2D eigenvalue weighted by Gasteiger charge is -2.31. The predicted octanol–water partition coefficient (Wildman–Crippen LogP) is 2.89. The Labute approximate surface area is 208 Å². The van der Waals surface area contributed by atoms with E-state index in [2.05, 4.69) is 10.3 Å². The molecule has 2 aromatic carbocycles. The van der Waals surface area contributed by atoms with Crippen LogP contribution in [-0.2, 0) is 17.8 Å². The molecular formula is C28H37N5O2. The zero-order valence-electron chi connectivity index (χ0n) is 20.8. The van der Waals surface area contributed by atoms with Gasteiger partial charge in [0.1, 0.15) is 0 Å². The quantitative estimate of drug-likeness (QED) is 0.265. The third-order valence-corrected chi connectivity index (χ3v) is 6.03. The van der Waals surface area contributed by atoms with E-state index in [0.29, 0.717) is 13.0 Å². The molecule has 1 aromatic heterocycles. The summed E-state index contributed by atoms with van der Waals surface area (Å²) in [5, 5.41) is 15.6. The Kier molecular flexibility index (Phi) is 9.12. The SMILES string of the molecule is CC(C)(C)C(N)C(=O)NC(Cc1ccccc1)C(O)CN(N)Cc1ccc(-c2ccccn2)cc1. The lowest BCUT2D eigenvalue weighted by atomic mass is 9.86. The molecule has 0 fully saturated rings. The maximum Gasteiger partial charge on any atom is 0.237 e. The summed E-state index contributed by atoms with van der Waals surface area (Å²) in [6.07, 6.45) is 1.35. The van der Waals surface area contributed by atoms with Gasteiger partial charge in [-0.25, -0.2) is 5.01 Å². The first-order valence-electron chi connectivity index (χ1n) is 11.9. The van der Waals surface area contributed by atoms with E-state index in [1.807, 2.05) is 93.6 Å². The van der Waals surface area contributed by atoms with Crippen molar-refractivity contribution in [2.45, 2.75) is 51.9 Å². The van der Waals surface area contributed by atoms with E-state index >= 15 is 0 Å². The molecule has 0 saturated heterocycles. The first-order valence-corrected chi connectivity index (χ1v) is 11.9. The van der Waals surface area contributed by atoms with Gasteiger partial charge in [0.25, 0.3) is 0 Å². The summed E-state index contributed by atoms with van der Waals surface area (Å²) < 4.78 is 0. The molecule has 0 bridgehead atoms. The van der Waals surface area contributed by atoms with Crippen LogP contribution in [0.5, 0.6) is 0 Å². The van der Waals surface area contributed by atoms with Gasteiger partial charge in [-0.3, -0.25) is 15.6 Å². The highest BCUT2D eigenvalue weighted by molar-refractivity contribution is 5.82. The van der Waals surface area contributed by atoms with Gasteiger partial charge in [-0.05, 0) is 35.1 Å². The molecule has 3 rings (SSSR count). The molecule has 0 aliphatic rings. The number of carbonyl (C=O) groups excluding carboxylic acids is 1. The molecular weight excluding hydrogens is 438 g/mol. The number of hydrogen-bond acceptors (Lipinski definition) is 6. The van der Waals surface area contributed by atoms with Crippen molar-refractivity contribution in [3.63, 3.8) is 0 Å². The van der Waals surface area contributed by atoms with E-state index in [-0.39, 0.29) is 12.5 Å². The highest BCUT2D eigenvalue weighted by atomic mass is 16.3. The summed E-state index contributed by atoms with van der Waals surface area (Å²) in [5.41, 5.74) is 9.72. The Morgan fingerprint density at radius 3 is 2.26 bits per heavy atom. The number of benzene rings is 2. The molecule has 6 N–H and O–H groups in total. The van der Waals surface area contributed by atoms with Gasteiger partial charge in [0, 0.05) is 24.8 Å². The van der Waals surface area contributed by atoms with E-state index in [1.54, 1.807) is 11.2 Å². The molecule has 35 heavy (non-hydrogen) atoms. The summed E-state index contributed by atoms with van der Waals surface area (Å²) in [4.78, 5) is 17.2. The second kappa shape index (κ2) is 12.0. The van der Waals surface area contributed by atoms with Gasteiger partial charge < -0.3 is 16.2 Å². The molecule has 3 aromatic rings. The number of amides is 1. The van der Waals surface area contributed by atoms with Crippen LogP contribution in [0, 0.1) is 5.41 Å². The van der Waals surface area contributed by atoms with Crippen molar-refractivity contribution >= 4 is 5.91 Å². The number of pyridine rings is 1. The van der Waals surface area contributed by atoms with Crippen molar-refractivity contribution in [2.75, 3.05) is 6.54 Å². The van der Waals surface area contributed by atoms with Gasteiger partial charge in [-0.15, -0.1) is 0 Å². The largest absolute Gasteiger partial charge is 0.390 e. The Morgan fingerprint density at radius 2 is 1.66 bits per heavy atom. The van der Waals surface area contributed by atoms with Gasteiger partial charge >= 0.3 is 0 Å². The van der Waals surface area contributed by atoms with Crippen LogP contribution in [-0.4, -0.2) is 45.7 Å². The van der Waals surface area contributed by atoms with Gasteiger partial charge in [0.15, 0.2) is 0 Å². The van der Waals surface area contributed by atoms with E-state index in [4.69, 9.17) is 11.6 Å². The number of aliphatic hydroxyl groups excluding tert-OH is 1. The third-order valence-electron chi connectivity index (χ3n) is 6.03. The standard InChI is InChI=1S/C28H37N5O2/c1-28(2,3)26(29)27(35)32-24(17-20-9-5-4-6-10-20)25(34)19-33(30)18-21-12-14-22(15-13-21)23-11-7-8-16-31-23/h4-16,24-26,34H,17-19,29-30H2,1-3H3,(H,32,35). The van der Waals surface area contributed by atoms with Gasteiger partial charge in [0.05, 0.1) is 23.9 Å². The molecule has 7 nitrogen and oxygen atoms in total. The molecule has 0 spiro atoms. The van der Waals surface area contributed by atoms with Crippen molar-refractivity contribution in [3.8, 4) is 11.3 Å². The number of nitrogens with zero attached hydrogens (tertiary/aromatic N) is 2. The zero-order chi connectivity index (χ0) is 25.4. The number of aliphatic hydroxyl groups is 1. The molecule has 0 aliphatic carbocycles. The average molecular weight is 476 g/mol. The van der Waals surface area contributed by atoms with Crippen LogP contribution in [0.3, 0.4) is 0 Å².